The lowest BCUT2D eigenvalue weighted by Gasteiger charge is -2.33. The van der Waals surface area contributed by atoms with Crippen molar-refractivity contribution in [2.75, 3.05) is 18.0 Å². The molecule has 0 unspecified atom stereocenters. The van der Waals surface area contributed by atoms with Crippen molar-refractivity contribution in [1.82, 2.24) is 19.7 Å². The highest BCUT2D eigenvalue weighted by Crippen LogP contribution is 2.25. The van der Waals surface area contributed by atoms with Gasteiger partial charge < -0.3 is 9.64 Å². The molecule has 2 aromatic heterocycles. The quantitative estimate of drug-likeness (QED) is 0.708. The summed E-state index contributed by atoms with van der Waals surface area (Å²) in [5, 5.41) is 4.24. The summed E-state index contributed by atoms with van der Waals surface area (Å²) in [6.07, 6.45) is 7.59. The first-order valence-electron chi connectivity index (χ1n) is 9.08. The lowest BCUT2D eigenvalue weighted by molar-refractivity contribution is 0.178. The van der Waals surface area contributed by atoms with E-state index in [0.29, 0.717) is 18.2 Å². The van der Waals surface area contributed by atoms with Gasteiger partial charge in [-0.3, -0.25) is 4.68 Å². The van der Waals surface area contributed by atoms with E-state index in [1.165, 1.54) is 12.1 Å². The number of hydrogen-bond acceptors (Lipinski definition) is 5. The molecule has 27 heavy (non-hydrogen) atoms. The number of piperidine rings is 1. The fourth-order valence-corrected chi connectivity index (χ4v) is 3.34. The van der Waals surface area contributed by atoms with E-state index in [-0.39, 0.29) is 11.9 Å². The van der Waals surface area contributed by atoms with E-state index in [0.717, 1.165) is 36.2 Å². The summed E-state index contributed by atoms with van der Waals surface area (Å²) < 4.78 is 20.9. The maximum absolute atomic E-state index is 13.1. The zero-order chi connectivity index (χ0) is 18.8. The molecule has 1 aliphatic heterocycles. The topological polar surface area (TPSA) is 56.1 Å². The van der Waals surface area contributed by atoms with Gasteiger partial charge in [-0.25, -0.2) is 14.4 Å². The number of aromatic nitrogens is 4. The Hall–Kier alpha value is -2.96. The summed E-state index contributed by atoms with van der Waals surface area (Å²) in [5.41, 5.74) is 2.90. The molecule has 0 radical (unpaired) electrons. The Morgan fingerprint density at radius 1 is 1.19 bits per heavy atom. The van der Waals surface area contributed by atoms with Gasteiger partial charge in [-0.15, -0.1) is 0 Å². The molecule has 4 rings (SSSR count). The Morgan fingerprint density at radius 3 is 2.74 bits per heavy atom. The molecular formula is C20H22FN5O. The second kappa shape index (κ2) is 7.34. The van der Waals surface area contributed by atoms with Crippen molar-refractivity contribution in [1.29, 1.82) is 0 Å². The summed E-state index contributed by atoms with van der Waals surface area (Å²) in [6.45, 7) is 3.59. The molecule has 3 heterocycles. The highest BCUT2D eigenvalue weighted by Gasteiger charge is 2.24. The maximum atomic E-state index is 13.1. The molecule has 6 nitrogen and oxygen atoms in total. The highest BCUT2D eigenvalue weighted by atomic mass is 19.1. The van der Waals surface area contributed by atoms with Crippen LogP contribution in [0.25, 0.3) is 11.3 Å². The van der Waals surface area contributed by atoms with Crippen LogP contribution in [0.5, 0.6) is 5.75 Å². The number of aryl methyl sites for hydroxylation is 2. The third-order valence-electron chi connectivity index (χ3n) is 4.71. The number of benzene rings is 1. The number of anilines is 1. The monoisotopic (exact) mass is 367 g/mol. The average Bonchev–Trinajstić information content (AvgIpc) is 3.10. The first-order valence-corrected chi connectivity index (χ1v) is 9.08. The van der Waals surface area contributed by atoms with Crippen molar-refractivity contribution in [3.8, 4) is 17.0 Å². The van der Waals surface area contributed by atoms with E-state index in [9.17, 15) is 4.39 Å². The van der Waals surface area contributed by atoms with Gasteiger partial charge in [0.25, 0.3) is 0 Å². The molecule has 0 aliphatic carbocycles. The Bertz CT molecular complexity index is 924. The van der Waals surface area contributed by atoms with Gasteiger partial charge in [-0.2, -0.15) is 5.10 Å². The zero-order valence-electron chi connectivity index (χ0n) is 15.5. The Labute approximate surface area is 157 Å². The average molecular weight is 367 g/mol. The van der Waals surface area contributed by atoms with Crippen LogP contribution in [0.15, 0.2) is 42.9 Å². The van der Waals surface area contributed by atoms with Gasteiger partial charge in [0, 0.05) is 31.5 Å². The SMILES string of the molecule is Cc1cnc(N2CCC[C@@H](Oc3ccc(F)cc3)C2)nc1-c1cnn(C)c1. The molecule has 1 atom stereocenters. The second-order valence-corrected chi connectivity index (χ2v) is 6.89. The third-order valence-corrected chi connectivity index (χ3v) is 4.71. The van der Waals surface area contributed by atoms with Crippen molar-refractivity contribution in [3.63, 3.8) is 0 Å². The van der Waals surface area contributed by atoms with Crippen molar-refractivity contribution < 1.29 is 9.13 Å². The molecule has 7 heteroatoms. The van der Waals surface area contributed by atoms with Gasteiger partial charge in [-0.05, 0) is 49.6 Å². The van der Waals surface area contributed by atoms with Crippen molar-refractivity contribution >= 4 is 5.95 Å². The number of rotatable bonds is 4. The highest BCUT2D eigenvalue weighted by molar-refractivity contribution is 5.62. The van der Waals surface area contributed by atoms with Crippen LogP contribution in [-0.2, 0) is 7.05 Å². The molecule has 0 bridgehead atoms. The molecule has 0 amide bonds. The van der Waals surface area contributed by atoms with Gasteiger partial charge >= 0.3 is 0 Å². The van der Waals surface area contributed by atoms with Gasteiger partial charge in [-0.1, -0.05) is 0 Å². The fourth-order valence-electron chi connectivity index (χ4n) is 3.34. The Balaban J connectivity index is 1.52. The molecule has 1 aromatic carbocycles. The van der Waals surface area contributed by atoms with Crippen LogP contribution in [0.2, 0.25) is 0 Å². The molecule has 140 valence electrons. The lowest BCUT2D eigenvalue weighted by Crippen LogP contribution is -2.42. The van der Waals surface area contributed by atoms with Crippen LogP contribution in [0.1, 0.15) is 18.4 Å². The minimum atomic E-state index is -0.261. The first kappa shape index (κ1) is 17.5. The second-order valence-electron chi connectivity index (χ2n) is 6.89. The molecule has 1 saturated heterocycles. The Kier molecular flexibility index (Phi) is 4.75. The smallest absolute Gasteiger partial charge is 0.226 e. The molecule has 0 saturated carbocycles. The van der Waals surface area contributed by atoms with E-state index in [4.69, 9.17) is 9.72 Å². The molecule has 1 fully saturated rings. The van der Waals surface area contributed by atoms with Crippen LogP contribution in [0.3, 0.4) is 0 Å². The number of halogens is 1. The zero-order valence-corrected chi connectivity index (χ0v) is 15.5. The van der Waals surface area contributed by atoms with E-state index in [1.807, 2.05) is 32.6 Å². The van der Waals surface area contributed by atoms with E-state index in [2.05, 4.69) is 15.0 Å². The van der Waals surface area contributed by atoms with E-state index >= 15 is 0 Å². The number of nitrogens with zero attached hydrogens (tertiary/aromatic N) is 5. The van der Waals surface area contributed by atoms with Gasteiger partial charge in [0.15, 0.2) is 0 Å². The van der Waals surface area contributed by atoms with Gasteiger partial charge in [0.2, 0.25) is 5.95 Å². The van der Waals surface area contributed by atoms with Crippen molar-refractivity contribution in [3.05, 3.63) is 54.2 Å². The predicted octanol–water partition coefficient (Wildman–Crippen LogP) is 3.37. The minimum absolute atomic E-state index is 0.0240. The minimum Gasteiger partial charge on any atom is -0.489 e. The van der Waals surface area contributed by atoms with Crippen LogP contribution in [0.4, 0.5) is 10.3 Å². The summed E-state index contributed by atoms with van der Waals surface area (Å²) in [7, 11) is 1.89. The molecule has 0 spiro atoms. The van der Waals surface area contributed by atoms with Crippen LogP contribution < -0.4 is 9.64 Å². The standard InChI is InChI=1S/C20H22FN5O/c1-14-10-22-20(24-19(14)15-11-23-25(2)12-15)26-9-3-4-18(13-26)27-17-7-5-16(21)6-8-17/h5-8,10-12,18H,3-4,9,13H2,1-2H3/t18-/m1/s1. The number of ether oxygens (including phenoxy) is 1. The molecule has 3 aromatic rings. The summed E-state index contributed by atoms with van der Waals surface area (Å²) in [6, 6.07) is 6.16. The Morgan fingerprint density at radius 2 is 2.00 bits per heavy atom. The van der Waals surface area contributed by atoms with E-state index in [1.54, 1.807) is 16.8 Å². The van der Waals surface area contributed by atoms with Crippen LogP contribution in [-0.4, -0.2) is 38.9 Å². The van der Waals surface area contributed by atoms with Crippen LogP contribution in [0, 0.1) is 12.7 Å². The van der Waals surface area contributed by atoms with Gasteiger partial charge in [0.1, 0.15) is 17.7 Å². The van der Waals surface area contributed by atoms with Crippen molar-refractivity contribution in [2.45, 2.75) is 25.9 Å². The molecular weight excluding hydrogens is 345 g/mol. The summed E-state index contributed by atoms with van der Waals surface area (Å²) >= 11 is 0. The lowest BCUT2D eigenvalue weighted by atomic mass is 10.1. The van der Waals surface area contributed by atoms with Crippen LogP contribution >= 0.6 is 0 Å². The fraction of sp³-hybridized carbons (Fsp3) is 0.350. The first-order chi connectivity index (χ1) is 13.1. The number of hydrogen-bond donors (Lipinski definition) is 0. The maximum Gasteiger partial charge on any atom is 0.226 e. The molecule has 1 aliphatic rings. The van der Waals surface area contributed by atoms with Crippen molar-refractivity contribution in [2.24, 2.45) is 7.05 Å². The summed E-state index contributed by atoms with van der Waals surface area (Å²) in [5.74, 6) is 1.12. The van der Waals surface area contributed by atoms with E-state index < -0.39 is 0 Å². The molecule has 0 N–H and O–H groups in total. The third kappa shape index (κ3) is 3.92. The normalized spacial score (nSPS) is 17.1. The van der Waals surface area contributed by atoms with Gasteiger partial charge in [0.05, 0.1) is 18.4 Å². The largest absolute Gasteiger partial charge is 0.489 e. The summed E-state index contributed by atoms with van der Waals surface area (Å²) in [4.78, 5) is 11.5. The predicted molar refractivity (Wildman–Crippen MR) is 101 cm³/mol.